The van der Waals surface area contributed by atoms with Crippen molar-refractivity contribution >= 4 is 48.8 Å². The molecule has 0 saturated heterocycles. The van der Waals surface area contributed by atoms with Gasteiger partial charge in [0, 0.05) is 17.2 Å². The zero-order valence-corrected chi connectivity index (χ0v) is 14.7. The van der Waals surface area contributed by atoms with Gasteiger partial charge in [-0.05, 0) is 18.1 Å². The van der Waals surface area contributed by atoms with E-state index in [0.717, 1.165) is 25.0 Å². The van der Waals surface area contributed by atoms with Crippen molar-refractivity contribution in [1.82, 2.24) is 5.32 Å². The molecule has 1 aromatic carbocycles. The Kier molecular flexibility index (Phi) is 6.78. The molecule has 0 aromatic heterocycles. The van der Waals surface area contributed by atoms with Crippen molar-refractivity contribution < 1.29 is 13.2 Å². The normalized spacial score (nSPS) is 11.7. The van der Waals surface area contributed by atoms with Gasteiger partial charge >= 0.3 is 0 Å². The molecule has 8 heteroatoms. The fourth-order valence-corrected chi connectivity index (χ4v) is 3.04. The predicted octanol–water partition coefficient (Wildman–Crippen LogP) is 4.09. The summed E-state index contributed by atoms with van der Waals surface area (Å²) in [5, 5.41) is 2.69. The summed E-state index contributed by atoms with van der Waals surface area (Å²) in [6.45, 7) is 4.55. The van der Waals surface area contributed by atoms with Crippen molar-refractivity contribution in [2.24, 2.45) is 5.92 Å². The van der Waals surface area contributed by atoms with Gasteiger partial charge < -0.3 is 5.32 Å². The third-order valence-electron chi connectivity index (χ3n) is 3.23. The lowest BCUT2D eigenvalue weighted by Crippen LogP contribution is -2.29. The van der Waals surface area contributed by atoms with Crippen molar-refractivity contribution in [2.75, 3.05) is 6.54 Å². The molecule has 0 spiro atoms. The van der Waals surface area contributed by atoms with Gasteiger partial charge in [-0.1, -0.05) is 49.9 Å². The van der Waals surface area contributed by atoms with Crippen molar-refractivity contribution in [3.8, 4) is 0 Å². The Balaban J connectivity index is 3.06. The Bertz CT molecular complexity index is 628. The second kappa shape index (κ2) is 7.68. The van der Waals surface area contributed by atoms with Crippen LogP contribution >= 0.6 is 33.9 Å². The first kappa shape index (κ1) is 18.6. The number of benzene rings is 1. The average molecular weight is 373 g/mol. The molecule has 1 aromatic rings. The van der Waals surface area contributed by atoms with Crippen LogP contribution in [0, 0.1) is 5.92 Å². The highest BCUT2D eigenvalue weighted by molar-refractivity contribution is 8.13. The van der Waals surface area contributed by atoms with E-state index >= 15 is 0 Å². The molecule has 0 aliphatic rings. The number of rotatable bonds is 6. The maximum absolute atomic E-state index is 12.1. The number of nitrogens with one attached hydrogen (secondary N) is 1. The van der Waals surface area contributed by atoms with E-state index in [1.54, 1.807) is 0 Å². The molecular formula is C13H16Cl3NO3S. The monoisotopic (exact) mass is 371 g/mol. The molecule has 0 radical (unpaired) electrons. The summed E-state index contributed by atoms with van der Waals surface area (Å²) in [6.07, 6.45) is 1.86. The first-order chi connectivity index (χ1) is 9.70. The van der Waals surface area contributed by atoms with E-state index in [-0.39, 0.29) is 20.5 Å². The molecule has 21 heavy (non-hydrogen) atoms. The fourth-order valence-electron chi connectivity index (χ4n) is 1.78. The lowest BCUT2D eigenvalue weighted by Gasteiger charge is -2.14. The highest BCUT2D eigenvalue weighted by Crippen LogP contribution is 2.30. The van der Waals surface area contributed by atoms with Gasteiger partial charge in [-0.3, -0.25) is 4.79 Å². The minimum Gasteiger partial charge on any atom is -0.352 e. The molecule has 0 aliphatic carbocycles. The molecular weight excluding hydrogens is 357 g/mol. The standard InChI is InChI=1S/C13H16Cl3NO3S/c1-3-8(4-2)7-17-13(18)10-5-9(21(16,19)20)6-11(14)12(10)15/h5-6,8H,3-4,7H2,1-2H3,(H,17,18). The number of hydrogen-bond donors (Lipinski definition) is 1. The molecule has 1 amide bonds. The summed E-state index contributed by atoms with van der Waals surface area (Å²) in [4.78, 5) is 11.9. The summed E-state index contributed by atoms with van der Waals surface area (Å²) >= 11 is 11.8. The van der Waals surface area contributed by atoms with Gasteiger partial charge in [0.15, 0.2) is 0 Å². The van der Waals surface area contributed by atoms with Crippen LogP contribution in [-0.2, 0) is 9.05 Å². The van der Waals surface area contributed by atoms with Gasteiger partial charge in [0.1, 0.15) is 0 Å². The van der Waals surface area contributed by atoms with Crippen LogP contribution in [0.4, 0.5) is 0 Å². The van der Waals surface area contributed by atoms with Crippen LogP contribution in [0.2, 0.25) is 10.0 Å². The maximum atomic E-state index is 12.1. The SMILES string of the molecule is CCC(CC)CNC(=O)c1cc(S(=O)(=O)Cl)cc(Cl)c1Cl. The molecule has 0 heterocycles. The molecule has 118 valence electrons. The first-order valence-electron chi connectivity index (χ1n) is 6.42. The Morgan fingerprint density at radius 2 is 1.81 bits per heavy atom. The summed E-state index contributed by atoms with van der Waals surface area (Å²) < 4.78 is 22.7. The minimum atomic E-state index is -3.99. The Morgan fingerprint density at radius 1 is 1.24 bits per heavy atom. The van der Waals surface area contributed by atoms with Crippen LogP contribution in [0.15, 0.2) is 17.0 Å². The lowest BCUT2D eigenvalue weighted by molar-refractivity contribution is 0.0946. The number of halogens is 3. The summed E-state index contributed by atoms with van der Waals surface area (Å²) in [6, 6.07) is 2.24. The third kappa shape index (κ3) is 5.02. The fraction of sp³-hybridized carbons (Fsp3) is 0.462. The van der Waals surface area contributed by atoms with Gasteiger partial charge in [-0.25, -0.2) is 8.42 Å². The van der Waals surface area contributed by atoms with Crippen molar-refractivity contribution in [2.45, 2.75) is 31.6 Å². The maximum Gasteiger partial charge on any atom is 0.261 e. The number of hydrogen-bond acceptors (Lipinski definition) is 3. The van der Waals surface area contributed by atoms with Crippen molar-refractivity contribution in [3.05, 3.63) is 27.7 Å². The van der Waals surface area contributed by atoms with E-state index in [1.165, 1.54) is 0 Å². The van der Waals surface area contributed by atoms with Crippen LogP contribution in [0.1, 0.15) is 37.0 Å². The zero-order valence-electron chi connectivity index (χ0n) is 11.6. The van der Waals surface area contributed by atoms with Crippen LogP contribution in [0.3, 0.4) is 0 Å². The van der Waals surface area contributed by atoms with Crippen LogP contribution in [0.5, 0.6) is 0 Å². The molecule has 1 rings (SSSR count). The van der Waals surface area contributed by atoms with Crippen molar-refractivity contribution in [1.29, 1.82) is 0 Å². The van der Waals surface area contributed by atoms with E-state index in [9.17, 15) is 13.2 Å². The number of carbonyl (C=O) groups excluding carboxylic acids is 1. The van der Waals surface area contributed by atoms with E-state index in [4.69, 9.17) is 33.9 Å². The van der Waals surface area contributed by atoms with Gasteiger partial charge in [0.25, 0.3) is 15.0 Å². The van der Waals surface area contributed by atoms with E-state index in [1.807, 2.05) is 13.8 Å². The van der Waals surface area contributed by atoms with Crippen LogP contribution in [0.25, 0.3) is 0 Å². The Hall–Kier alpha value is -0.490. The zero-order chi connectivity index (χ0) is 16.2. The molecule has 0 unspecified atom stereocenters. The second-order valence-corrected chi connectivity index (χ2v) is 7.95. The van der Waals surface area contributed by atoms with E-state index < -0.39 is 15.0 Å². The minimum absolute atomic E-state index is 0.00257. The van der Waals surface area contributed by atoms with Gasteiger partial charge in [-0.15, -0.1) is 0 Å². The molecule has 0 fully saturated rings. The second-order valence-electron chi connectivity index (χ2n) is 4.60. The van der Waals surface area contributed by atoms with E-state index in [0.29, 0.717) is 12.5 Å². The summed E-state index contributed by atoms with van der Waals surface area (Å²) in [5.74, 6) is -0.126. The highest BCUT2D eigenvalue weighted by Gasteiger charge is 2.20. The highest BCUT2D eigenvalue weighted by atomic mass is 35.7. The van der Waals surface area contributed by atoms with Crippen molar-refractivity contribution in [3.63, 3.8) is 0 Å². The largest absolute Gasteiger partial charge is 0.352 e. The molecule has 0 saturated carbocycles. The smallest absolute Gasteiger partial charge is 0.261 e. The number of carbonyl (C=O) groups is 1. The summed E-state index contributed by atoms with van der Waals surface area (Å²) in [7, 11) is 1.28. The first-order valence-corrected chi connectivity index (χ1v) is 9.49. The predicted molar refractivity (Wildman–Crippen MR) is 85.9 cm³/mol. The molecule has 4 nitrogen and oxygen atoms in total. The molecule has 1 N–H and O–H groups in total. The summed E-state index contributed by atoms with van der Waals surface area (Å²) in [5.41, 5.74) is -0.00523. The molecule has 0 bridgehead atoms. The van der Waals surface area contributed by atoms with Crippen LogP contribution < -0.4 is 5.32 Å². The van der Waals surface area contributed by atoms with E-state index in [2.05, 4.69) is 5.32 Å². The van der Waals surface area contributed by atoms with Gasteiger partial charge in [0.05, 0.1) is 20.5 Å². The average Bonchev–Trinajstić information content (AvgIpc) is 2.41. The van der Waals surface area contributed by atoms with Gasteiger partial charge in [-0.2, -0.15) is 0 Å². The Labute approximate surface area is 139 Å². The molecule has 0 aliphatic heterocycles. The lowest BCUT2D eigenvalue weighted by atomic mass is 10.0. The van der Waals surface area contributed by atoms with Crippen LogP contribution in [-0.4, -0.2) is 20.9 Å². The topological polar surface area (TPSA) is 63.2 Å². The Morgan fingerprint density at radius 3 is 2.29 bits per heavy atom. The third-order valence-corrected chi connectivity index (χ3v) is 5.37. The van der Waals surface area contributed by atoms with Gasteiger partial charge in [0.2, 0.25) is 0 Å². The molecule has 0 atom stereocenters. The number of amides is 1. The quantitative estimate of drug-likeness (QED) is 0.765.